The number of nitrogen functional groups attached to an aromatic ring is 1. The van der Waals surface area contributed by atoms with Gasteiger partial charge in [-0.3, -0.25) is 4.79 Å². The lowest BCUT2D eigenvalue weighted by Crippen LogP contribution is -2.03. The Balaban J connectivity index is 2.22. The van der Waals surface area contributed by atoms with Crippen LogP contribution in [0.15, 0.2) is 18.2 Å². The van der Waals surface area contributed by atoms with Crippen LogP contribution >= 0.6 is 0 Å². The fourth-order valence-corrected chi connectivity index (χ4v) is 1.37. The van der Waals surface area contributed by atoms with E-state index in [9.17, 15) is 4.79 Å². The number of carbonyl (C=O) groups is 1. The molecule has 0 aliphatic carbocycles. The Morgan fingerprint density at radius 3 is 2.76 bits per heavy atom. The van der Waals surface area contributed by atoms with Gasteiger partial charge >= 0.3 is 5.97 Å². The summed E-state index contributed by atoms with van der Waals surface area (Å²) in [6.07, 6.45) is 2.03. The highest BCUT2D eigenvalue weighted by Gasteiger charge is 2.00. The van der Waals surface area contributed by atoms with Crippen LogP contribution in [0.3, 0.4) is 0 Å². The Morgan fingerprint density at radius 1 is 1.35 bits per heavy atom. The third kappa shape index (κ3) is 4.76. The molecule has 4 heteroatoms. The molecule has 1 aromatic carbocycles. The minimum absolute atomic E-state index is 0.176. The van der Waals surface area contributed by atoms with E-state index in [4.69, 9.17) is 10.5 Å². The van der Waals surface area contributed by atoms with E-state index in [1.807, 2.05) is 25.1 Å². The fraction of sp³-hybridized carbons (Fsp3) is 0.462. The standard InChI is InChI=1S/C13H19NO3/c1-10-6-7-11(9-12(10)14)17-8-4-3-5-13(15)16-2/h6-7,9H,3-5,8,14H2,1-2H3. The molecule has 0 bridgehead atoms. The molecule has 0 fully saturated rings. The lowest BCUT2D eigenvalue weighted by Gasteiger charge is -2.07. The third-order valence-electron chi connectivity index (χ3n) is 2.52. The number of esters is 1. The van der Waals surface area contributed by atoms with Crippen LogP contribution in [-0.4, -0.2) is 19.7 Å². The van der Waals surface area contributed by atoms with Crippen LogP contribution in [0.1, 0.15) is 24.8 Å². The highest BCUT2D eigenvalue weighted by molar-refractivity contribution is 5.68. The summed E-state index contributed by atoms with van der Waals surface area (Å²) in [4.78, 5) is 10.8. The van der Waals surface area contributed by atoms with Gasteiger partial charge in [-0.05, 0) is 31.4 Å². The summed E-state index contributed by atoms with van der Waals surface area (Å²) in [7, 11) is 1.40. The molecule has 0 saturated heterocycles. The van der Waals surface area contributed by atoms with E-state index < -0.39 is 0 Å². The van der Waals surface area contributed by atoms with E-state index in [1.54, 1.807) is 0 Å². The van der Waals surface area contributed by atoms with Crippen LogP contribution in [0.4, 0.5) is 5.69 Å². The first kappa shape index (κ1) is 13.4. The van der Waals surface area contributed by atoms with Gasteiger partial charge in [-0.25, -0.2) is 0 Å². The van der Waals surface area contributed by atoms with Gasteiger partial charge in [0.1, 0.15) is 5.75 Å². The van der Waals surface area contributed by atoms with E-state index >= 15 is 0 Å². The van der Waals surface area contributed by atoms with Crippen molar-refractivity contribution in [3.8, 4) is 5.75 Å². The van der Waals surface area contributed by atoms with Crippen LogP contribution in [0.25, 0.3) is 0 Å². The molecule has 0 aliphatic rings. The van der Waals surface area contributed by atoms with Crippen LogP contribution in [-0.2, 0) is 9.53 Å². The number of aryl methyl sites for hydroxylation is 1. The monoisotopic (exact) mass is 237 g/mol. The van der Waals surface area contributed by atoms with Crippen molar-refractivity contribution in [2.24, 2.45) is 0 Å². The number of hydrogen-bond donors (Lipinski definition) is 1. The van der Waals surface area contributed by atoms with Crippen molar-refractivity contribution in [3.05, 3.63) is 23.8 Å². The Bertz CT molecular complexity index is 377. The van der Waals surface area contributed by atoms with Gasteiger partial charge in [0.05, 0.1) is 13.7 Å². The van der Waals surface area contributed by atoms with Gasteiger partial charge < -0.3 is 15.2 Å². The van der Waals surface area contributed by atoms with Gasteiger partial charge in [-0.1, -0.05) is 6.07 Å². The first-order valence-corrected chi connectivity index (χ1v) is 5.69. The molecule has 1 aromatic rings. The Hall–Kier alpha value is -1.71. The summed E-state index contributed by atoms with van der Waals surface area (Å²) < 4.78 is 10.1. The van der Waals surface area contributed by atoms with Gasteiger partial charge in [0.2, 0.25) is 0 Å². The van der Waals surface area contributed by atoms with Crippen molar-refractivity contribution >= 4 is 11.7 Å². The number of rotatable bonds is 6. The predicted octanol–water partition coefficient (Wildman–Crippen LogP) is 2.30. The minimum atomic E-state index is -0.176. The van der Waals surface area contributed by atoms with Crippen LogP contribution in [0.2, 0.25) is 0 Å². The number of unbranched alkanes of at least 4 members (excludes halogenated alkanes) is 1. The average Bonchev–Trinajstić information content (AvgIpc) is 2.33. The lowest BCUT2D eigenvalue weighted by molar-refractivity contribution is -0.140. The maximum Gasteiger partial charge on any atom is 0.305 e. The maximum atomic E-state index is 10.8. The summed E-state index contributed by atoms with van der Waals surface area (Å²) in [6, 6.07) is 5.64. The second-order valence-electron chi connectivity index (χ2n) is 3.90. The maximum absolute atomic E-state index is 10.8. The van der Waals surface area contributed by atoms with Crippen molar-refractivity contribution in [1.82, 2.24) is 0 Å². The van der Waals surface area contributed by atoms with Crippen molar-refractivity contribution in [2.45, 2.75) is 26.2 Å². The molecule has 0 unspecified atom stereocenters. The zero-order valence-electron chi connectivity index (χ0n) is 10.4. The number of methoxy groups -OCH3 is 1. The van der Waals surface area contributed by atoms with Crippen molar-refractivity contribution in [2.75, 3.05) is 19.5 Å². The molecule has 0 spiro atoms. The molecule has 0 amide bonds. The van der Waals surface area contributed by atoms with Crippen LogP contribution < -0.4 is 10.5 Å². The third-order valence-corrected chi connectivity index (χ3v) is 2.52. The molecule has 0 aromatic heterocycles. The molecular formula is C13H19NO3. The van der Waals surface area contributed by atoms with Crippen LogP contribution in [0, 0.1) is 6.92 Å². The first-order chi connectivity index (χ1) is 8.13. The fourth-order valence-electron chi connectivity index (χ4n) is 1.37. The molecule has 0 heterocycles. The van der Waals surface area contributed by atoms with Gasteiger partial charge in [-0.2, -0.15) is 0 Å². The molecule has 0 aliphatic heterocycles. The van der Waals surface area contributed by atoms with Crippen molar-refractivity contribution in [1.29, 1.82) is 0 Å². The second-order valence-corrected chi connectivity index (χ2v) is 3.90. The minimum Gasteiger partial charge on any atom is -0.494 e. The lowest BCUT2D eigenvalue weighted by atomic mass is 10.2. The Labute approximate surface area is 102 Å². The number of hydrogen-bond acceptors (Lipinski definition) is 4. The molecular weight excluding hydrogens is 218 g/mol. The van der Waals surface area contributed by atoms with E-state index in [-0.39, 0.29) is 5.97 Å². The Morgan fingerprint density at radius 2 is 2.12 bits per heavy atom. The number of nitrogens with two attached hydrogens (primary N) is 1. The van der Waals surface area contributed by atoms with Gasteiger partial charge in [0.15, 0.2) is 0 Å². The largest absolute Gasteiger partial charge is 0.494 e. The molecule has 2 N–H and O–H groups in total. The molecule has 94 valence electrons. The normalized spacial score (nSPS) is 10.0. The SMILES string of the molecule is COC(=O)CCCCOc1ccc(C)c(N)c1. The Kier molecular flexibility index (Phi) is 5.33. The van der Waals surface area contributed by atoms with Crippen molar-refractivity contribution in [3.63, 3.8) is 0 Å². The second kappa shape index (κ2) is 6.78. The predicted molar refractivity (Wildman–Crippen MR) is 67.0 cm³/mol. The first-order valence-electron chi connectivity index (χ1n) is 5.69. The average molecular weight is 237 g/mol. The topological polar surface area (TPSA) is 61.5 Å². The van der Waals surface area contributed by atoms with Gasteiger partial charge in [-0.15, -0.1) is 0 Å². The summed E-state index contributed by atoms with van der Waals surface area (Å²) in [5.41, 5.74) is 7.55. The van der Waals surface area contributed by atoms with Crippen molar-refractivity contribution < 1.29 is 14.3 Å². The van der Waals surface area contributed by atoms with E-state index in [1.165, 1.54) is 7.11 Å². The summed E-state index contributed by atoms with van der Waals surface area (Å²) in [5, 5.41) is 0. The molecule has 1 rings (SSSR count). The molecule has 17 heavy (non-hydrogen) atoms. The summed E-state index contributed by atoms with van der Waals surface area (Å²) >= 11 is 0. The smallest absolute Gasteiger partial charge is 0.305 e. The van der Waals surface area contributed by atoms with E-state index in [0.717, 1.165) is 29.8 Å². The number of benzene rings is 1. The van der Waals surface area contributed by atoms with E-state index in [2.05, 4.69) is 4.74 Å². The van der Waals surface area contributed by atoms with Gasteiger partial charge in [0, 0.05) is 18.2 Å². The number of anilines is 1. The number of carbonyl (C=O) groups excluding carboxylic acids is 1. The zero-order valence-corrected chi connectivity index (χ0v) is 10.4. The summed E-state index contributed by atoms with van der Waals surface area (Å²) in [6.45, 7) is 2.54. The zero-order chi connectivity index (χ0) is 12.7. The highest BCUT2D eigenvalue weighted by Crippen LogP contribution is 2.19. The highest BCUT2D eigenvalue weighted by atomic mass is 16.5. The quantitative estimate of drug-likeness (QED) is 0.468. The summed E-state index contributed by atoms with van der Waals surface area (Å²) in [5.74, 6) is 0.593. The molecule has 0 saturated carbocycles. The molecule has 0 radical (unpaired) electrons. The van der Waals surface area contributed by atoms with Gasteiger partial charge in [0.25, 0.3) is 0 Å². The molecule has 4 nitrogen and oxygen atoms in total. The number of ether oxygens (including phenoxy) is 2. The molecule has 0 atom stereocenters. The van der Waals surface area contributed by atoms with E-state index in [0.29, 0.717) is 13.0 Å². The van der Waals surface area contributed by atoms with Crippen LogP contribution in [0.5, 0.6) is 5.75 Å².